The maximum absolute atomic E-state index is 12.1. The molecule has 2 aromatic carbocycles. The van der Waals surface area contributed by atoms with Crippen LogP contribution < -0.4 is 20.1 Å². The Hall–Kier alpha value is -2.60. The summed E-state index contributed by atoms with van der Waals surface area (Å²) in [6, 6.07) is 14.7. The Labute approximate surface area is 159 Å². The van der Waals surface area contributed by atoms with Crippen LogP contribution in [0.3, 0.4) is 0 Å². The molecule has 0 aliphatic heterocycles. The van der Waals surface area contributed by atoms with Crippen LogP contribution in [0.15, 0.2) is 48.5 Å². The molecule has 0 aliphatic carbocycles. The van der Waals surface area contributed by atoms with Crippen molar-refractivity contribution in [1.82, 2.24) is 10.6 Å². The first kappa shape index (κ1) is 19.7. The molecule has 0 saturated carbocycles. The molecule has 0 heterocycles. The molecular formula is C20H24N2O3S. The molecule has 0 spiro atoms. The minimum atomic E-state index is -0.236. The summed E-state index contributed by atoms with van der Waals surface area (Å²) >= 11 is 5.19. The highest BCUT2D eigenvalue weighted by molar-refractivity contribution is 7.80. The molecule has 0 atom stereocenters. The van der Waals surface area contributed by atoms with Gasteiger partial charge in [-0.3, -0.25) is 10.1 Å². The molecule has 5 nitrogen and oxygen atoms in total. The van der Waals surface area contributed by atoms with Crippen LogP contribution in [0, 0.1) is 0 Å². The van der Waals surface area contributed by atoms with Gasteiger partial charge in [-0.1, -0.05) is 37.6 Å². The van der Waals surface area contributed by atoms with Crippen molar-refractivity contribution in [3.63, 3.8) is 0 Å². The second kappa shape index (κ2) is 10.4. The second-order valence-corrected chi connectivity index (χ2v) is 6.10. The van der Waals surface area contributed by atoms with Gasteiger partial charge in [0, 0.05) is 12.1 Å². The first-order valence-corrected chi connectivity index (χ1v) is 8.98. The lowest BCUT2D eigenvalue weighted by molar-refractivity contribution is 0.0976. The number of rotatable bonds is 8. The van der Waals surface area contributed by atoms with E-state index in [4.69, 9.17) is 21.7 Å². The summed E-state index contributed by atoms with van der Waals surface area (Å²) in [5, 5.41) is 5.97. The Balaban J connectivity index is 1.88. The van der Waals surface area contributed by atoms with Gasteiger partial charge in [0.15, 0.2) is 16.6 Å². The van der Waals surface area contributed by atoms with E-state index < -0.39 is 0 Å². The first-order chi connectivity index (χ1) is 12.6. The SMILES string of the molecule is CCCCOc1ccc(CNC(=S)NC(=O)c2ccccc2)cc1OC. The van der Waals surface area contributed by atoms with E-state index in [2.05, 4.69) is 17.6 Å². The molecule has 26 heavy (non-hydrogen) atoms. The molecule has 0 aromatic heterocycles. The van der Waals surface area contributed by atoms with Gasteiger partial charge in [-0.25, -0.2) is 0 Å². The standard InChI is InChI=1S/C20H24N2O3S/c1-3-4-12-25-17-11-10-15(13-18(17)24-2)14-21-20(26)22-19(23)16-8-6-5-7-9-16/h5-11,13H,3-4,12,14H2,1-2H3,(H2,21,22,23,26). The van der Waals surface area contributed by atoms with Gasteiger partial charge >= 0.3 is 0 Å². The van der Waals surface area contributed by atoms with E-state index in [1.807, 2.05) is 36.4 Å². The van der Waals surface area contributed by atoms with Crippen molar-refractivity contribution < 1.29 is 14.3 Å². The molecule has 0 bridgehead atoms. The van der Waals surface area contributed by atoms with Gasteiger partial charge in [-0.2, -0.15) is 0 Å². The Morgan fingerprint density at radius 1 is 1.12 bits per heavy atom. The average Bonchev–Trinajstić information content (AvgIpc) is 2.67. The van der Waals surface area contributed by atoms with Crippen molar-refractivity contribution in [2.45, 2.75) is 26.3 Å². The summed E-state index contributed by atoms with van der Waals surface area (Å²) < 4.78 is 11.1. The number of unbranched alkanes of at least 4 members (excludes halogenated alkanes) is 1. The summed E-state index contributed by atoms with van der Waals surface area (Å²) in [4.78, 5) is 12.1. The largest absolute Gasteiger partial charge is 0.493 e. The van der Waals surface area contributed by atoms with Gasteiger partial charge < -0.3 is 14.8 Å². The molecule has 0 radical (unpaired) electrons. The minimum absolute atomic E-state index is 0.236. The highest BCUT2D eigenvalue weighted by Crippen LogP contribution is 2.28. The molecular weight excluding hydrogens is 348 g/mol. The highest BCUT2D eigenvalue weighted by atomic mass is 32.1. The Morgan fingerprint density at radius 3 is 2.58 bits per heavy atom. The molecule has 0 fully saturated rings. The number of carbonyl (C=O) groups is 1. The zero-order valence-corrected chi connectivity index (χ0v) is 15.9. The fourth-order valence-electron chi connectivity index (χ4n) is 2.26. The van der Waals surface area contributed by atoms with Crippen molar-refractivity contribution in [3.05, 3.63) is 59.7 Å². The molecule has 0 aliphatic rings. The maximum atomic E-state index is 12.1. The number of hydrogen-bond acceptors (Lipinski definition) is 4. The number of benzene rings is 2. The number of ether oxygens (including phenoxy) is 2. The first-order valence-electron chi connectivity index (χ1n) is 8.58. The van der Waals surface area contributed by atoms with Gasteiger partial charge in [0.25, 0.3) is 5.91 Å². The quantitative estimate of drug-likeness (QED) is 0.547. The summed E-state index contributed by atoms with van der Waals surface area (Å²) in [5.74, 6) is 1.17. The van der Waals surface area contributed by atoms with Crippen LogP contribution in [-0.2, 0) is 6.54 Å². The van der Waals surface area contributed by atoms with Gasteiger partial charge in [-0.05, 0) is 48.5 Å². The molecule has 6 heteroatoms. The Bertz CT molecular complexity index is 735. The third-order valence-electron chi connectivity index (χ3n) is 3.70. The average molecular weight is 372 g/mol. The van der Waals surface area contributed by atoms with E-state index in [1.54, 1.807) is 19.2 Å². The maximum Gasteiger partial charge on any atom is 0.257 e. The third kappa shape index (κ3) is 6.04. The fraction of sp³-hybridized carbons (Fsp3) is 0.300. The van der Waals surface area contributed by atoms with Gasteiger partial charge in [0.1, 0.15) is 0 Å². The van der Waals surface area contributed by atoms with E-state index in [1.165, 1.54) is 0 Å². The normalized spacial score (nSPS) is 10.1. The molecule has 2 aromatic rings. The van der Waals surface area contributed by atoms with E-state index in [0.29, 0.717) is 24.5 Å². The molecule has 2 N–H and O–H groups in total. The zero-order chi connectivity index (χ0) is 18.8. The van der Waals surface area contributed by atoms with Crippen molar-refractivity contribution in [2.24, 2.45) is 0 Å². The Morgan fingerprint density at radius 2 is 1.88 bits per heavy atom. The second-order valence-electron chi connectivity index (χ2n) is 5.69. The number of hydrogen-bond donors (Lipinski definition) is 2. The monoisotopic (exact) mass is 372 g/mol. The van der Waals surface area contributed by atoms with E-state index in [-0.39, 0.29) is 11.0 Å². The van der Waals surface area contributed by atoms with Crippen LogP contribution in [-0.4, -0.2) is 24.7 Å². The van der Waals surface area contributed by atoms with Gasteiger partial charge in [0.2, 0.25) is 0 Å². The van der Waals surface area contributed by atoms with Crippen molar-refractivity contribution in [1.29, 1.82) is 0 Å². The number of amides is 1. The highest BCUT2D eigenvalue weighted by Gasteiger charge is 2.08. The lowest BCUT2D eigenvalue weighted by atomic mass is 10.2. The summed E-state index contributed by atoms with van der Waals surface area (Å²) in [6.45, 7) is 3.26. The van der Waals surface area contributed by atoms with Crippen LogP contribution in [0.4, 0.5) is 0 Å². The van der Waals surface area contributed by atoms with E-state index in [9.17, 15) is 4.79 Å². The summed E-state index contributed by atoms with van der Waals surface area (Å²) in [6.07, 6.45) is 2.08. The fourth-order valence-corrected chi connectivity index (χ4v) is 2.42. The number of thiocarbonyl (C=S) groups is 1. The van der Waals surface area contributed by atoms with Crippen LogP contribution in [0.25, 0.3) is 0 Å². The molecule has 0 saturated heterocycles. The van der Waals surface area contributed by atoms with Crippen LogP contribution in [0.2, 0.25) is 0 Å². The van der Waals surface area contributed by atoms with Crippen LogP contribution in [0.1, 0.15) is 35.7 Å². The molecule has 138 valence electrons. The number of nitrogens with one attached hydrogen (secondary N) is 2. The van der Waals surface area contributed by atoms with E-state index >= 15 is 0 Å². The van der Waals surface area contributed by atoms with Crippen LogP contribution >= 0.6 is 12.2 Å². The van der Waals surface area contributed by atoms with Gasteiger partial charge in [-0.15, -0.1) is 0 Å². The predicted octanol–water partition coefficient (Wildman–Crippen LogP) is 3.68. The van der Waals surface area contributed by atoms with Gasteiger partial charge in [0.05, 0.1) is 13.7 Å². The van der Waals surface area contributed by atoms with Crippen LogP contribution in [0.5, 0.6) is 11.5 Å². The molecule has 0 unspecified atom stereocenters. The number of carbonyl (C=O) groups excluding carboxylic acids is 1. The zero-order valence-electron chi connectivity index (χ0n) is 15.1. The smallest absolute Gasteiger partial charge is 0.257 e. The van der Waals surface area contributed by atoms with E-state index in [0.717, 1.165) is 24.2 Å². The van der Waals surface area contributed by atoms with Crippen molar-refractivity contribution in [2.75, 3.05) is 13.7 Å². The topological polar surface area (TPSA) is 59.6 Å². The third-order valence-corrected chi connectivity index (χ3v) is 3.95. The van der Waals surface area contributed by atoms with Crippen molar-refractivity contribution in [3.8, 4) is 11.5 Å². The Kier molecular flexibility index (Phi) is 7.89. The lowest BCUT2D eigenvalue weighted by Gasteiger charge is -2.13. The van der Waals surface area contributed by atoms with Crippen molar-refractivity contribution >= 4 is 23.2 Å². The number of methoxy groups -OCH3 is 1. The summed E-state index contributed by atoms with van der Waals surface area (Å²) in [5.41, 5.74) is 1.54. The molecule has 2 rings (SSSR count). The lowest BCUT2D eigenvalue weighted by Crippen LogP contribution is -2.38. The minimum Gasteiger partial charge on any atom is -0.493 e. The molecule has 1 amide bonds. The summed E-state index contributed by atoms with van der Waals surface area (Å²) in [7, 11) is 1.62. The predicted molar refractivity (Wildman–Crippen MR) is 107 cm³/mol.